The van der Waals surface area contributed by atoms with E-state index in [9.17, 15) is 0 Å². The Balaban J connectivity index is 1.94. The van der Waals surface area contributed by atoms with Gasteiger partial charge >= 0.3 is 0 Å². The topological polar surface area (TPSA) is 59.5 Å². The van der Waals surface area contributed by atoms with E-state index in [-0.39, 0.29) is 0 Å². The van der Waals surface area contributed by atoms with Crippen LogP contribution in [0.5, 0.6) is 0 Å². The Morgan fingerprint density at radius 3 is 2.14 bits per heavy atom. The molecule has 5 heteroatoms. The van der Waals surface area contributed by atoms with E-state index < -0.39 is 0 Å². The Kier molecular flexibility index (Phi) is 2.83. The van der Waals surface area contributed by atoms with Crippen LogP contribution in [0.25, 0.3) is 22.4 Å². The highest BCUT2D eigenvalue weighted by Gasteiger charge is 2.09. The summed E-state index contributed by atoms with van der Waals surface area (Å²) in [6.07, 6.45) is 3.36. The number of benzene rings is 2. The second kappa shape index (κ2) is 4.96. The molecule has 4 aromatic rings. The van der Waals surface area contributed by atoms with E-state index in [0.717, 1.165) is 16.8 Å². The van der Waals surface area contributed by atoms with Crippen LogP contribution in [0.3, 0.4) is 0 Å². The Morgan fingerprint density at radius 2 is 1.45 bits per heavy atom. The molecule has 0 saturated carbocycles. The van der Waals surface area contributed by atoms with Gasteiger partial charge in [-0.25, -0.2) is 9.67 Å². The molecule has 0 radical (unpaired) electrons. The molecule has 0 aliphatic heterocycles. The summed E-state index contributed by atoms with van der Waals surface area (Å²) < 4.78 is 3.50. The highest BCUT2D eigenvalue weighted by Crippen LogP contribution is 2.14. The number of aromatic nitrogens is 4. The zero-order valence-corrected chi connectivity index (χ0v) is 11.7. The van der Waals surface area contributed by atoms with E-state index in [1.807, 2.05) is 60.7 Å². The van der Waals surface area contributed by atoms with Crippen molar-refractivity contribution in [3.8, 4) is 11.4 Å². The van der Waals surface area contributed by atoms with Crippen molar-refractivity contribution in [2.75, 3.05) is 0 Å². The molecule has 22 heavy (non-hydrogen) atoms. The molecule has 0 saturated heterocycles. The molecule has 0 atom stereocenters. The van der Waals surface area contributed by atoms with E-state index in [1.165, 1.54) is 0 Å². The van der Waals surface area contributed by atoms with Gasteiger partial charge < -0.3 is 0 Å². The zero-order valence-electron chi connectivity index (χ0n) is 11.7. The van der Waals surface area contributed by atoms with Crippen LogP contribution in [0.1, 0.15) is 0 Å². The lowest BCUT2D eigenvalue weighted by atomic mass is 10.3. The number of nitrogens with one attached hydrogen (secondary N) is 1. The van der Waals surface area contributed by atoms with E-state index >= 15 is 0 Å². The minimum Gasteiger partial charge on any atom is -0.285 e. The maximum Gasteiger partial charge on any atom is 0.168 e. The van der Waals surface area contributed by atoms with E-state index in [0.29, 0.717) is 11.1 Å². The van der Waals surface area contributed by atoms with Crippen LogP contribution in [0, 0.1) is 5.41 Å². The molecule has 106 valence electrons. The summed E-state index contributed by atoms with van der Waals surface area (Å²) in [6.45, 7) is 0. The lowest BCUT2D eigenvalue weighted by molar-refractivity contribution is 0.875. The molecule has 1 N–H and O–H groups in total. The minimum absolute atomic E-state index is 0.374. The molecular formula is C17H13N5. The summed E-state index contributed by atoms with van der Waals surface area (Å²) >= 11 is 0. The number of fused-ring (bicyclic) bond motifs is 1. The van der Waals surface area contributed by atoms with Crippen molar-refractivity contribution in [3.63, 3.8) is 0 Å². The number of hydrogen-bond donors (Lipinski definition) is 1. The Bertz CT molecular complexity index is 984. The van der Waals surface area contributed by atoms with Crippen molar-refractivity contribution < 1.29 is 0 Å². The predicted molar refractivity (Wildman–Crippen MR) is 84.0 cm³/mol. The first-order valence-corrected chi connectivity index (χ1v) is 6.95. The van der Waals surface area contributed by atoms with Gasteiger partial charge in [-0.3, -0.25) is 9.98 Å². The number of nitrogens with zero attached hydrogens (tertiary/aromatic N) is 4. The lowest BCUT2D eigenvalue weighted by Crippen LogP contribution is -2.18. The first kappa shape index (κ1) is 12.5. The van der Waals surface area contributed by atoms with Gasteiger partial charge in [-0.2, -0.15) is 5.10 Å². The molecular weight excluding hydrogens is 274 g/mol. The van der Waals surface area contributed by atoms with Crippen molar-refractivity contribution in [2.45, 2.75) is 0 Å². The monoisotopic (exact) mass is 287 g/mol. The van der Waals surface area contributed by atoms with Crippen molar-refractivity contribution in [1.82, 2.24) is 19.3 Å². The van der Waals surface area contributed by atoms with Crippen LogP contribution in [0.15, 0.2) is 73.2 Å². The van der Waals surface area contributed by atoms with Crippen LogP contribution in [-0.2, 0) is 0 Å². The SMILES string of the molecule is N=c1c2cnn(-c3ccccc3)c2ncn1-c1ccccc1. The third kappa shape index (κ3) is 1.91. The van der Waals surface area contributed by atoms with Gasteiger partial charge in [-0.1, -0.05) is 36.4 Å². The Hall–Kier alpha value is -3.21. The summed E-state index contributed by atoms with van der Waals surface area (Å²) in [6, 6.07) is 19.6. The summed E-state index contributed by atoms with van der Waals surface area (Å²) in [4.78, 5) is 4.50. The first-order valence-electron chi connectivity index (χ1n) is 6.95. The summed E-state index contributed by atoms with van der Waals surface area (Å²) in [5, 5.41) is 13.5. The molecule has 0 aliphatic rings. The average Bonchev–Trinajstić information content (AvgIpc) is 3.02. The maximum absolute atomic E-state index is 8.42. The van der Waals surface area contributed by atoms with Crippen LogP contribution < -0.4 is 5.49 Å². The molecule has 5 nitrogen and oxygen atoms in total. The minimum atomic E-state index is 0.374. The quantitative estimate of drug-likeness (QED) is 0.616. The molecule has 0 amide bonds. The lowest BCUT2D eigenvalue weighted by Gasteiger charge is -2.07. The van der Waals surface area contributed by atoms with Gasteiger partial charge in [-0.05, 0) is 24.3 Å². The maximum atomic E-state index is 8.42. The van der Waals surface area contributed by atoms with Gasteiger partial charge in [0, 0.05) is 5.69 Å². The van der Waals surface area contributed by atoms with E-state index in [2.05, 4.69) is 10.1 Å². The smallest absolute Gasteiger partial charge is 0.168 e. The zero-order chi connectivity index (χ0) is 14.9. The molecule has 0 spiro atoms. The predicted octanol–water partition coefficient (Wildman–Crippen LogP) is 2.69. The normalized spacial score (nSPS) is 10.9. The fourth-order valence-corrected chi connectivity index (χ4v) is 2.48. The molecule has 4 rings (SSSR count). The highest BCUT2D eigenvalue weighted by atomic mass is 15.3. The average molecular weight is 287 g/mol. The number of rotatable bonds is 2. The summed E-state index contributed by atoms with van der Waals surface area (Å²) in [5.74, 6) is 0. The highest BCUT2D eigenvalue weighted by molar-refractivity contribution is 5.74. The molecule has 2 aromatic carbocycles. The fourth-order valence-electron chi connectivity index (χ4n) is 2.48. The van der Waals surface area contributed by atoms with Crippen LogP contribution in [-0.4, -0.2) is 19.3 Å². The van der Waals surface area contributed by atoms with Gasteiger partial charge in [0.25, 0.3) is 0 Å². The molecule has 0 unspecified atom stereocenters. The summed E-state index contributed by atoms with van der Waals surface area (Å²) in [5.41, 5.74) is 2.90. The van der Waals surface area contributed by atoms with Crippen molar-refractivity contribution >= 4 is 11.0 Å². The van der Waals surface area contributed by atoms with Gasteiger partial charge in [-0.15, -0.1) is 0 Å². The third-order valence-corrected chi connectivity index (χ3v) is 3.57. The van der Waals surface area contributed by atoms with Gasteiger partial charge in [0.2, 0.25) is 0 Å². The van der Waals surface area contributed by atoms with Crippen LogP contribution >= 0.6 is 0 Å². The van der Waals surface area contributed by atoms with Crippen molar-refractivity contribution in [1.29, 1.82) is 5.41 Å². The van der Waals surface area contributed by atoms with Gasteiger partial charge in [0.1, 0.15) is 11.8 Å². The molecule has 0 fully saturated rings. The van der Waals surface area contributed by atoms with Crippen LogP contribution in [0.4, 0.5) is 0 Å². The molecule has 2 aromatic heterocycles. The Morgan fingerprint density at radius 1 is 0.818 bits per heavy atom. The second-order valence-corrected chi connectivity index (χ2v) is 4.93. The fraction of sp³-hybridized carbons (Fsp3) is 0. The largest absolute Gasteiger partial charge is 0.285 e. The van der Waals surface area contributed by atoms with Gasteiger partial charge in [0.15, 0.2) is 5.65 Å². The van der Waals surface area contributed by atoms with Gasteiger partial charge in [0.05, 0.1) is 17.3 Å². The van der Waals surface area contributed by atoms with Crippen molar-refractivity contribution in [3.05, 3.63) is 78.7 Å². The van der Waals surface area contributed by atoms with E-state index in [1.54, 1.807) is 21.8 Å². The first-order chi connectivity index (χ1) is 10.8. The number of para-hydroxylation sites is 2. The Labute approximate surface area is 126 Å². The number of hydrogen-bond acceptors (Lipinski definition) is 3. The molecule has 0 aliphatic carbocycles. The standard InChI is InChI=1S/C17H13N5/c18-16-15-11-20-22(14-9-5-2-6-10-14)17(15)19-12-21(16)13-7-3-1-4-8-13/h1-12,18H. The van der Waals surface area contributed by atoms with Crippen LogP contribution in [0.2, 0.25) is 0 Å². The third-order valence-electron chi connectivity index (χ3n) is 3.57. The second-order valence-electron chi connectivity index (χ2n) is 4.93. The molecule has 2 heterocycles. The molecule has 0 bridgehead atoms. The van der Waals surface area contributed by atoms with Crippen molar-refractivity contribution in [2.24, 2.45) is 0 Å². The van der Waals surface area contributed by atoms with E-state index in [4.69, 9.17) is 5.41 Å². The summed E-state index contributed by atoms with van der Waals surface area (Å²) in [7, 11) is 0.